The fourth-order valence-corrected chi connectivity index (χ4v) is 2.61. The number of nitrogens with two attached hydrogens (primary N) is 1. The van der Waals surface area contributed by atoms with Crippen LogP contribution >= 0.6 is 15.9 Å². The van der Waals surface area contributed by atoms with Gasteiger partial charge in [-0.1, -0.05) is 46.3 Å². The van der Waals surface area contributed by atoms with Gasteiger partial charge < -0.3 is 10.7 Å². The van der Waals surface area contributed by atoms with Crippen molar-refractivity contribution in [1.29, 1.82) is 0 Å². The van der Waals surface area contributed by atoms with Crippen LogP contribution in [0, 0.1) is 0 Å². The van der Waals surface area contributed by atoms with Crippen molar-refractivity contribution in [1.82, 2.24) is 4.98 Å². The van der Waals surface area contributed by atoms with E-state index in [0.29, 0.717) is 5.56 Å². The molecule has 0 saturated heterocycles. The lowest BCUT2D eigenvalue weighted by atomic mass is 10.1. The molecular weight excluding hydrogens is 304 g/mol. The number of benzene rings is 2. The number of nitrogens with one attached hydrogen (secondary N) is 1. The molecule has 3 nitrogen and oxygen atoms in total. The molecule has 94 valence electrons. The Labute approximate surface area is 118 Å². The maximum Gasteiger partial charge on any atom is 0.250 e. The predicted octanol–water partition coefficient (Wildman–Crippen LogP) is 3.70. The largest absolute Gasteiger partial charge is 0.366 e. The van der Waals surface area contributed by atoms with Gasteiger partial charge in [0, 0.05) is 15.6 Å². The first-order chi connectivity index (χ1) is 9.16. The summed E-state index contributed by atoms with van der Waals surface area (Å²) in [5.74, 6) is -0.432. The van der Waals surface area contributed by atoms with E-state index in [2.05, 4.69) is 20.9 Å². The topological polar surface area (TPSA) is 58.9 Å². The number of carbonyl (C=O) groups is 1. The summed E-state index contributed by atoms with van der Waals surface area (Å²) in [6.07, 6.45) is 0. The SMILES string of the molecule is NC(=O)c1ccc(Br)c2cc(-c3ccccc3)[nH]c12. The monoisotopic (exact) mass is 314 g/mol. The Hall–Kier alpha value is -2.07. The Morgan fingerprint density at radius 2 is 1.84 bits per heavy atom. The van der Waals surface area contributed by atoms with Crippen LogP contribution in [0.1, 0.15) is 10.4 Å². The smallest absolute Gasteiger partial charge is 0.250 e. The summed E-state index contributed by atoms with van der Waals surface area (Å²) in [4.78, 5) is 14.7. The second-order valence-electron chi connectivity index (χ2n) is 4.30. The van der Waals surface area contributed by atoms with Gasteiger partial charge in [-0.05, 0) is 23.8 Å². The number of carbonyl (C=O) groups excluding carboxylic acids is 1. The lowest BCUT2D eigenvalue weighted by molar-refractivity contribution is 0.100. The number of hydrogen-bond donors (Lipinski definition) is 2. The summed E-state index contributed by atoms with van der Waals surface area (Å²) in [5, 5.41) is 0.954. The summed E-state index contributed by atoms with van der Waals surface area (Å²) in [7, 11) is 0. The zero-order chi connectivity index (χ0) is 13.4. The highest BCUT2D eigenvalue weighted by molar-refractivity contribution is 9.10. The normalized spacial score (nSPS) is 10.8. The maximum atomic E-state index is 11.5. The van der Waals surface area contributed by atoms with Gasteiger partial charge >= 0.3 is 0 Å². The zero-order valence-corrected chi connectivity index (χ0v) is 11.6. The molecule has 1 aromatic heterocycles. The van der Waals surface area contributed by atoms with E-state index in [-0.39, 0.29) is 0 Å². The van der Waals surface area contributed by atoms with Gasteiger partial charge in [-0.3, -0.25) is 4.79 Å². The second-order valence-corrected chi connectivity index (χ2v) is 5.15. The van der Waals surface area contributed by atoms with Gasteiger partial charge in [0.1, 0.15) is 0 Å². The maximum absolute atomic E-state index is 11.5. The van der Waals surface area contributed by atoms with Gasteiger partial charge in [0.05, 0.1) is 11.1 Å². The summed E-state index contributed by atoms with van der Waals surface area (Å²) in [5.41, 5.74) is 8.70. The second kappa shape index (κ2) is 4.55. The molecule has 1 amide bonds. The Morgan fingerprint density at radius 3 is 2.53 bits per heavy atom. The fraction of sp³-hybridized carbons (Fsp3) is 0. The fourth-order valence-electron chi connectivity index (χ4n) is 2.16. The van der Waals surface area contributed by atoms with Crippen molar-refractivity contribution in [2.24, 2.45) is 5.73 Å². The molecule has 0 saturated carbocycles. The highest BCUT2D eigenvalue weighted by atomic mass is 79.9. The first-order valence-electron chi connectivity index (χ1n) is 5.83. The van der Waals surface area contributed by atoms with Gasteiger partial charge in [-0.15, -0.1) is 0 Å². The van der Waals surface area contributed by atoms with Crippen LogP contribution in [0.15, 0.2) is 53.0 Å². The molecule has 19 heavy (non-hydrogen) atoms. The molecule has 1 heterocycles. The first-order valence-corrected chi connectivity index (χ1v) is 6.62. The molecule has 3 aromatic rings. The number of primary amides is 1. The highest BCUT2D eigenvalue weighted by Crippen LogP contribution is 2.31. The van der Waals surface area contributed by atoms with E-state index in [1.165, 1.54) is 0 Å². The number of hydrogen-bond acceptors (Lipinski definition) is 1. The first kappa shape index (κ1) is 12.0. The third-order valence-corrected chi connectivity index (χ3v) is 3.78. The average Bonchev–Trinajstić information content (AvgIpc) is 2.85. The quantitative estimate of drug-likeness (QED) is 0.744. The number of aromatic nitrogens is 1. The van der Waals surface area contributed by atoms with Gasteiger partial charge in [-0.2, -0.15) is 0 Å². The molecule has 0 spiro atoms. The van der Waals surface area contributed by atoms with Gasteiger partial charge in [0.15, 0.2) is 0 Å². The van der Waals surface area contributed by atoms with E-state index in [9.17, 15) is 4.79 Å². The van der Waals surface area contributed by atoms with Crippen LogP contribution in [-0.4, -0.2) is 10.9 Å². The minimum absolute atomic E-state index is 0.432. The molecule has 4 heteroatoms. The zero-order valence-electron chi connectivity index (χ0n) is 9.98. The minimum atomic E-state index is -0.432. The van der Waals surface area contributed by atoms with Crippen molar-refractivity contribution in [3.63, 3.8) is 0 Å². The Bertz CT molecular complexity index is 762. The Balaban J connectivity index is 2.29. The molecule has 0 fully saturated rings. The molecule has 0 aliphatic carbocycles. The van der Waals surface area contributed by atoms with Crippen molar-refractivity contribution in [2.75, 3.05) is 0 Å². The molecule has 0 atom stereocenters. The summed E-state index contributed by atoms with van der Waals surface area (Å²) in [6, 6.07) is 15.5. The predicted molar refractivity (Wildman–Crippen MR) is 80.0 cm³/mol. The molecule has 0 bridgehead atoms. The van der Waals surface area contributed by atoms with Crippen molar-refractivity contribution in [3.8, 4) is 11.3 Å². The lowest BCUT2D eigenvalue weighted by Crippen LogP contribution is -2.11. The van der Waals surface area contributed by atoms with E-state index >= 15 is 0 Å². The number of H-pyrrole nitrogens is 1. The third-order valence-electron chi connectivity index (χ3n) is 3.09. The highest BCUT2D eigenvalue weighted by Gasteiger charge is 2.12. The summed E-state index contributed by atoms with van der Waals surface area (Å²) in [6.45, 7) is 0. The van der Waals surface area contributed by atoms with Crippen LogP contribution in [0.5, 0.6) is 0 Å². The average molecular weight is 315 g/mol. The minimum Gasteiger partial charge on any atom is -0.366 e. The Kier molecular flexibility index (Phi) is 2.87. The molecule has 0 aliphatic rings. The van der Waals surface area contributed by atoms with Crippen LogP contribution < -0.4 is 5.73 Å². The van der Waals surface area contributed by atoms with E-state index in [1.54, 1.807) is 6.07 Å². The number of aromatic amines is 1. The number of fused-ring (bicyclic) bond motifs is 1. The standard InChI is InChI=1S/C15H11BrN2O/c16-12-7-6-10(15(17)19)14-11(12)8-13(18-14)9-4-2-1-3-5-9/h1-8,18H,(H2,17,19). The van der Waals surface area contributed by atoms with Gasteiger partial charge in [0.25, 0.3) is 5.91 Å². The molecule has 2 aromatic carbocycles. The van der Waals surface area contributed by atoms with E-state index in [4.69, 9.17) is 5.73 Å². The summed E-state index contributed by atoms with van der Waals surface area (Å²) < 4.78 is 0.936. The molecule has 0 unspecified atom stereocenters. The van der Waals surface area contributed by atoms with Gasteiger partial charge in [-0.25, -0.2) is 0 Å². The number of amides is 1. The molecule has 0 aliphatic heterocycles. The number of rotatable bonds is 2. The molecule has 0 radical (unpaired) electrons. The summed E-state index contributed by atoms with van der Waals surface area (Å²) >= 11 is 3.49. The van der Waals surface area contributed by atoms with Crippen LogP contribution in [0.3, 0.4) is 0 Å². The molecule has 3 N–H and O–H groups in total. The van der Waals surface area contributed by atoms with Gasteiger partial charge in [0.2, 0.25) is 0 Å². The van der Waals surface area contributed by atoms with E-state index in [0.717, 1.165) is 26.6 Å². The van der Waals surface area contributed by atoms with Crippen LogP contribution in [0.2, 0.25) is 0 Å². The Morgan fingerprint density at radius 1 is 1.11 bits per heavy atom. The molecule has 3 rings (SSSR count). The van der Waals surface area contributed by atoms with Crippen molar-refractivity contribution in [2.45, 2.75) is 0 Å². The van der Waals surface area contributed by atoms with Crippen molar-refractivity contribution in [3.05, 3.63) is 58.6 Å². The van der Waals surface area contributed by atoms with Crippen LogP contribution in [0.25, 0.3) is 22.2 Å². The lowest BCUT2D eigenvalue weighted by Gasteiger charge is -1.99. The molecular formula is C15H11BrN2O. The van der Waals surface area contributed by atoms with Crippen molar-refractivity contribution < 1.29 is 4.79 Å². The third kappa shape index (κ3) is 2.04. The van der Waals surface area contributed by atoms with Crippen LogP contribution in [-0.2, 0) is 0 Å². The van der Waals surface area contributed by atoms with Crippen molar-refractivity contribution >= 4 is 32.7 Å². The van der Waals surface area contributed by atoms with Crippen LogP contribution in [0.4, 0.5) is 0 Å². The number of halogens is 1. The van der Waals surface area contributed by atoms with E-state index < -0.39 is 5.91 Å². The van der Waals surface area contributed by atoms with E-state index in [1.807, 2.05) is 42.5 Å².